The second-order valence-corrected chi connectivity index (χ2v) is 9.53. The molecule has 4 N–H and O–H groups in total. The van der Waals surface area contributed by atoms with Gasteiger partial charge in [-0.3, -0.25) is 4.79 Å². The zero-order chi connectivity index (χ0) is 21.8. The molecule has 0 aromatic carbocycles. The fourth-order valence-corrected chi connectivity index (χ4v) is 3.64. The Morgan fingerprint density at radius 3 is 1.62 bits per heavy atom. The van der Waals surface area contributed by atoms with E-state index < -0.39 is 11.6 Å². The molecule has 0 aliphatic carbocycles. The van der Waals surface area contributed by atoms with Crippen LogP contribution in [0.1, 0.15) is 136 Å². The van der Waals surface area contributed by atoms with Gasteiger partial charge in [-0.1, -0.05) is 96.8 Å². The number of rotatable bonds is 21. The van der Waals surface area contributed by atoms with Crippen LogP contribution in [0.2, 0.25) is 0 Å². The minimum Gasteiger partial charge on any atom is -0.391 e. The van der Waals surface area contributed by atoms with Gasteiger partial charge in [0.2, 0.25) is 5.91 Å². The molecule has 0 rings (SSSR count). The molecule has 174 valence electrons. The number of hydrogen-bond donors (Lipinski definition) is 3. The van der Waals surface area contributed by atoms with E-state index in [0.29, 0.717) is 19.4 Å². The number of nitrogens with two attached hydrogens (primary N) is 1. The smallest absolute Gasteiger partial charge is 0.219 e. The topological polar surface area (TPSA) is 75.3 Å². The molecule has 1 amide bonds. The summed E-state index contributed by atoms with van der Waals surface area (Å²) >= 11 is 0. The molecule has 0 aromatic rings. The summed E-state index contributed by atoms with van der Waals surface area (Å²) < 4.78 is 0. The van der Waals surface area contributed by atoms with Crippen LogP contribution in [0.5, 0.6) is 0 Å². The molecule has 0 saturated heterocycles. The molecule has 0 aliphatic heterocycles. The maximum atomic E-state index is 11.8. The first kappa shape index (κ1) is 28.4. The first-order chi connectivity index (χ1) is 13.9. The quantitative estimate of drug-likeness (QED) is 0.195. The summed E-state index contributed by atoms with van der Waals surface area (Å²) in [4.78, 5) is 11.8. The van der Waals surface area contributed by atoms with E-state index in [4.69, 9.17) is 5.73 Å². The van der Waals surface area contributed by atoms with Crippen LogP contribution in [0.3, 0.4) is 0 Å². The lowest BCUT2D eigenvalue weighted by atomic mass is 9.95. The van der Waals surface area contributed by atoms with Crippen molar-refractivity contribution in [3.8, 4) is 0 Å². The number of amides is 1. The Bertz CT molecular complexity index is 366. The van der Waals surface area contributed by atoms with Crippen molar-refractivity contribution in [2.45, 2.75) is 148 Å². The third kappa shape index (κ3) is 20.4. The van der Waals surface area contributed by atoms with Crippen LogP contribution in [-0.2, 0) is 4.79 Å². The van der Waals surface area contributed by atoms with Crippen molar-refractivity contribution in [3.63, 3.8) is 0 Å². The minimum absolute atomic E-state index is 0.140. The van der Waals surface area contributed by atoms with Gasteiger partial charge >= 0.3 is 0 Å². The normalized spacial score (nSPS) is 12.9. The van der Waals surface area contributed by atoms with Gasteiger partial charge in [0.1, 0.15) is 0 Å². The Morgan fingerprint density at radius 1 is 0.793 bits per heavy atom. The fraction of sp³-hybridized carbons (Fsp3) is 0.960. The van der Waals surface area contributed by atoms with E-state index in [9.17, 15) is 9.90 Å². The van der Waals surface area contributed by atoms with Crippen LogP contribution in [0, 0.1) is 0 Å². The Balaban J connectivity index is 3.25. The van der Waals surface area contributed by atoms with Crippen molar-refractivity contribution in [1.82, 2.24) is 5.32 Å². The summed E-state index contributed by atoms with van der Waals surface area (Å²) in [6, 6.07) is 0. The summed E-state index contributed by atoms with van der Waals surface area (Å²) in [6.45, 7) is 6.56. The zero-order valence-corrected chi connectivity index (χ0v) is 19.9. The van der Waals surface area contributed by atoms with E-state index in [2.05, 4.69) is 12.2 Å². The molecule has 4 heteroatoms. The summed E-state index contributed by atoms with van der Waals surface area (Å²) in [5.74, 6) is 0.140. The van der Waals surface area contributed by atoms with E-state index in [1.54, 1.807) is 0 Å². The molecular formula is C25H52N2O2. The SMILES string of the molecule is CCCCCCCCCCCCCCCCCC(=O)NCCCC(O)C(C)(C)N. The molecule has 0 radical (unpaired) electrons. The Kier molecular flexibility index (Phi) is 19.0. The van der Waals surface area contributed by atoms with Gasteiger partial charge in [-0.05, 0) is 33.1 Å². The van der Waals surface area contributed by atoms with E-state index in [0.717, 1.165) is 19.3 Å². The average molecular weight is 413 g/mol. The van der Waals surface area contributed by atoms with Gasteiger partial charge in [-0.15, -0.1) is 0 Å². The van der Waals surface area contributed by atoms with Crippen molar-refractivity contribution in [3.05, 3.63) is 0 Å². The summed E-state index contributed by atoms with van der Waals surface area (Å²) in [6.07, 6.45) is 21.6. The average Bonchev–Trinajstić information content (AvgIpc) is 2.67. The molecule has 0 aromatic heterocycles. The Morgan fingerprint density at radius 2 is 1.21 bits per heavy atom. The van der Waals surface area contributed by atoms with Gasteiger partial charge < -0.3 is 16.2 Å². The second kappa shape index (κ2) is 19.4. The van der Waals surface area contributed by atoms with Crippen LogP contribution in [-0.4, -0.2) is 29.2 Å². The zero-order valence-electron chi connectivity index (χ0n) is 19.9. The molecule has 29 heavy (non-hydrogen) atoms. The lowest BCUT2D eigenvalue weighted by molar-refractivity contribution is -0.121. The molecule has 1 unspecified atom stereocenters. The minimum atomic E-state index is -0.572. The summed E-state index contributed by atoms with van der Waals surface area (Å²) in [5, 5.41) is 12.8. The highest BCUT2D eigenvalue weighted by Gasteiger charge is 2.21. The van der Waals surface area contributed by atoms with Crippen molar-refractivity contribution >= 4 is 5.91 Å². The first-order valence-electron chi connectivity index (χ1n) is 12.6. The number of nitrogens with one attached hydrogen (secondary N) is 1. The van der Waals surface area contributed by atoms with E-state index in [-0.39, 0.29) is 5.91 Å². The van der Waals surface area contributed by atoms with E-state index in [1.165, 1.54) is 83.5 Å². The van der Waals surface area contributed by atoms with Crippen LogP contribution in [0.4, 0.5) is 0 Å². The first-order valence-corrected chi connectivity index (χ1v) is 12.6. The molecule has 4 nitrogen and oxygen atoms in total. The lowest BCUT2D eigenvalue weighted by Gasteiger charge is -2.25. The number of unbranched alkanes of at least 4 members (excludes halogenated alkanes) is 14. The van der Waals surface area contributed by atoms with Crippen molar-refractivity contribution < 1.29 is 9.90 Å². The number of aliphatic hydroxyl groups is 1. The molecule has 0 bridgehead atoms. The van der Waals surface area contributed by atoms with Gasteiger partial charge in [0.05, 0.1) is 6.10 Å². The summed E-state index contributed by atoms with van der Waals surface area (Å²) in [7, 11) is 0. The van der Waals surface area contributed by atoms with E-state index in [1.807, 2.05) is 13.8 Å². The van der Waals surface area contributed by atoms with E-state index >= 15 is 0 Å². The number of carbonyl (C=O) groups excluding carboxylic acids is 1. The van der Waals surface area contributed by atoms with Crippen LogP contribution >= 0.6 is 0 Å². The summed E-state index contributed by atoms with van der Waals surface area (Å²) in [5.41, 5.74) is 5.28. The number of aliphatic hydroxyl groups excluding tert-OH is 1. The fourth-order valence-electron chi connectivity index (χ4n) is 3.64. The Labute approximate surface area is 181 Å². The molecule has 0 heterocycles. The molecule has 0 spiro atoms. The van der Waals surface area contributed by atoms with Gasteiger partial charge in [0, 0.05) is 18.5 Å². The van der Waals surface area contributed by atoms with Crippen LogP contribution in [0.15, 0.2) is 0 Å². The third-order valence-corrected chi connectivity index (χ3v) is 5.84. The molecule has 0 saturated carbocycles. The predicted octanol–water partition coefficient (Wildman–Crippen LogP) is 6.24. The lowest BCUT2D eigenvalue weighted by Crippen LogP contribution is -2.45. The number of hydrogen-bond acceptors (Lipinski definition) is 3. The largest absolute Gasteiger partial charge is 0.391 e. The molecular weight excluding hydrogens is 360 g/mol. The molecule has 1 atom stereocenters. The predicted molar refractivity (Wildman–Crippen MR) is 126 cm³/mol. The molecule has 0 fully saturated rings. The van der Waals surface area contributed by atoms with Crippen molar-refractivity contribution in [1.29, 1.82) is 0 Å². The van der Waals surface area contributed by atoms with Crippen LogP contribution in [0.25, 0.3) is 0 Å². The Hall–Kier alpha value is -0.610. The van der Waals surface area contributed by atoms with Gasteiger partial charge in [-0.25, -0.2) is 0 Å². The van der Waals surface area contributed by atoms with Gasteiger partial charge in [-0.2, -0.15) is 0 Å². The maximum Gasteiger partial charge on any atom is 0.219 e. The maximum absolute atomic E-state index is 11.8. The monoisotopic (exact) mass is 412 g/mol. The van der Waals surface area contributed by atoms with Gasteiger partial charge in [0.15, 0.2) is 0 Å². The highest BCUT2D eigenvalue weighted by Crippen LogP contribution is 2.14. The second-order valence-electron chi connectivity index (χ2n) is 9.53. The van der Waals surface area contributed by atoms with Crippen molar-refractivity contribution in [2.75, 3.05) is 6.54 Å². The van der Waals surface area contributed by atoms with Crippen LogP contribution < -0.4 is 11.1 Å². The number of carbonyl (C=O) groups is 1. The molecule has 0 aliphatic rings. The highest BCUT2D eigenvalue weighted by atomic mass is 16.3. The van der Waals surface area contributed by atoms with Gasteiger partial charge in [0.25, 0.3) is 0 Å². The van der Waals surface area contributed by atoms with Crippen molar-refractivity contribution in [2.24, 2.45) is 5.73 Å². The highest BCUT2D eigenvalue weighted by molar-refractivity contribution is 5.75. The third-order valence-electron chi connectivity index (χ3n) is 5.84. The standard InChI is InChI=1S/C25H52N2O2/c1-4-5-6-7-8-9-10-11-12-13-14-15-16-17-18-21-24(29)27-22-19-20-23(28)25(2,3)26/h23,28H,4-22,26H2,1-3H3,(H,27,29).